The van der Waals surface area contributed by atoms with Gasteiger partial charge in [0, 0.05) is 13.7 Å². The predicted molar refractivity (Wildman–Crippen MR) is 84.5 cm³/mol. The van der Waals surface area contributed by atoms with Gasteiger partial charge in [0.2, 0.25) is 5.91 Å². The van der Waals surface area contributed by atoms with E-state index in [0.29, 0.717) is 19.4 Å². The van der Waals surface area contributed by atoms with Gasteiger partial charge in [-0.3, -0.25) is 9.59 Å². The third-order valence-corrected chi connectivity index (χ3v) is 4.10. The molecule has 122 valence electrons. The molecule has 5 heteroatoms. The Morgan fingerprint density at radius 1 is 1.23 bits per heavy atom. The van der Waals surface area contributed by atoms with E-state index in [0.717, 1.165) is 11.1 Å². The minimum absolute atomic E-state index is 0.159. The first-order chi connectivity index (χ1) is 10.5. The monoisotopic (exact) mass is 307 g/mol. The molecule has 0 saturated heterocycles. The van der Waals surface area contributed by atoms with Crippen molar-refractivity contribution in [1.82, 2.24) is 5.32 Å². The number of nitrogens with one attached hydrogen (secondary N) is 1. The molecule has 1 aromatic rings. The smallest absolute Gasteiger partial charge is 0.311 e. The number of hydrogen-bond acceptors (Lipinski definition) is 3. The van der Waals surface area contributed by atoms with Gasteiger partial charge in [-0.2, -0.15) is 0 Å². The molecular formula is C17H25NO4. The maximum Gasteiger partial charge on any atom is 0.311 e. The lowest BCUT2D eigenvalue weighted by molar-refractivity contribution is -0.149. The lowest BCUT2D eigenvalue weighted by atomic mass is 9.82. The van der Waals surface area contributed by atoms with Crippen LogP contribution < -0.4 is 5.32 Å². The second kappa shape index (κ2) is 8.54. The highest BCUT2D eigenvalue weighted by atomic mass is 16.5. The average molecular weight is 307 g/mol. The van der Waals surface area contributed by atoms with Crippen molar-refractivity contribution < 1.29 is 19.4 Å². The number of hydrogen-bond donors (Lipinski definition) is 2. The third kappa shape index (κ3) is 4.84. The molecule has 0 aliphatic rings. The summed E-state index contributed by atoms with van der Waals surface area (Å²) < 4.78 is 5.07. The summed E-state index contributed by atoms with van der Waals surface area (Å²) in [4.78, 5) is 23.5. The molecule has 0 aromatic heterocycles. The highest BCUT2D eigenvalue weighted by molar-refractivity contribution is 5.80. The SMILES string of the molecule is CCC(CC)(CNC(=O)Cc1cccc(COC)c1)C(=O)O. The van der Waals surface area contributed by atoms with Crippen molar-refractivity contribution >= 4 is 11.9 Å². The number of ether oxygens (including phenoxy) is 1. The lowest BCUT2D eigenvalue weighted by Crippen LogP contribution is -2.42. The summed E-state index contributed by atoms with van der Waals surface area (Å²) in [7, 11) is 1.63. The van der Waals surface area contributed by atoms with Gasteiger partial charge >= 0.3 is 5.97 Å². The summed E-state index contributed by atoms with van der Waals surface area (Å²) in [5.41, 5.74) is 1.02. The third-order valence-electron chi connectivity index (χ3n) is 4.10. The first-order valence-corrected chi connectivity index (χ1v) is 7.54. The van der Waals surface area contributed by atoms with Crippen molar-refractivity contribution in [1.29, 1.82) is 0 Å². The summed E-state index contributed by atoms with van der Waals surface area (Å²) in [5.74, 6) is -1.03. The van der Waals surface area contributed by atoms with Gasteiger partial charge in [0.1, 0.15) is 0 Å². The van der Waals surface area contributed by atoms with Crippen LogP contribution in [0, 0.1) is 5.41 Å². The Hall–Kier alpha value is -1.88. The van der Waals surface area contributed by atoms with Crippen LogP contribution in [0.5, 0.6) is 0 Å². The number of methoxy groups -OCH3 is 1. The normalized spacial score (nSPS) is 11.2. The molecule has 0 fully saturated rings. The molecule has 5 nitrogen and oxygen atoms in total. The molecule has 0 bridgehead atoms. The van der Waals surface area contributed by atoms with Gasteiger partial charge in [-0.05, 0) is 24.0 Å². The van der Waals surface area contributed by atoms with E-state index in [4.69, 9.17) is 4.74 Å². The van der Waals surface area contributed by atoms with Crippen molar-refractivity contribution in [2.24, 2.45) is 5.41 Å². The van der Waals surface area contributed by atoms with Crippen molar-refractivity contribution in [3.05, 3.63) is 35.4 Å². The van der Waals surface area contributed by atoms with E-state index in [1.54, 1.807) is 7.11 Å². The topological polar surface area (TPSA) is 75.6 Å². The number of carbonyl (C=O) groups excluding carboxylic acids is 1. The summed E-state index contributed by atoms with van der Waals surface area (Å²) in [5, 5.41) is 12.1. The van der Waals surface area contributed by atoms with E-state index in [-0.39, 0.29) is 18.9 Å². The molecule has 0 unspecified atom stereocenters. The van der Waals surface area contributed by atoms with Crippen LogP contribution in [-0.4, -0.2) is 30.6 Å². The van der Waals surface area contributed by atoms with Gasteiger partial charge in [-0.15, -0.1) is 0 Å². The van der Waals surface area contributed by atoms with Crippen LogP contribution in [0.3, 0.4) is 0 Å². The van der Waals surface area contributed by atoms with E-state index in [1.165, 1.54) is 0 Å². The van der Waals surface area contributed by atoms with Crippen molar-refractivity contribution in [2.45, 2.75) is 39.7 Å². The van der Waals surface area contributed by atoms with E-state index in [1.807, 2.05) is 38.1 Å². The molecule has 1 rings (SSSR count). The Balaban J connectivity index is 2.63. The summed E-state index contributed by atoms with van der Waals surface area (Å²) in [6.45, 7) is 4.32. The molecule has 0 aliphatic carbocycles. The number of aliphatic carboxylic acids is 1. The minimum Gasteiger partial charge on any atom is -0.481 e. The van der Waals surface area contributed by atoms with Gasteiger partial charge in [0.15, 0.2) is 0 Å². The van der Waals surface area contributed by atoms with E-state index in [2.05, 4.69) is 5.32 Å². The van der Waals surface area contributed by atoms with Gasteiger partial charge < -0.3 is 15.2 Å². The second-order valence-electron chi connectivity index (χ2n) is 5.50. The van der Waals surface area contributed by atoms with Crippen LogP contribution in [0.15, 0.2) is 24.3 Å². The molecule has 2 N–H and O–H groups in total. The van der Waals surface area contributed by atoms with Crippen LogP contribution in [0.4, 0.5) is 0 Å². The zero-order chi connectivity index (χ0) is 16.6. The van der Waals surface area contributed by atoms with Gasteiger partial charge in [-0.1, -0.05) is 38.1 Å². The maximum atomic E-state index is 12.0. The Morgan fingerprint density at radius 2 is 1.86 bits per heavy atom. The molecule has 1 aromatic carbocycles. The zero-order valence-corrected chi connectivity index (χ0v) is 13.5. The maximum absolute atomic E-state index is 12.0. The number of carbonyl (C=O) groups is 2. The Bertz CT molecular complexity index is 509. The van der Waals surface area contributed by atoms with E-state index in [9.17, 15) is 14.7 Å². The Morgan fingerprint density at radius 3 is 2.41 bits per heavy atom. The first-order valence-electron chi connectivity index (χ1n) is 7.54. The second-order valence-corrected chi connectivity index (χ2v) is 5.50. The van der Waals surface area contributed by atoms with Crippen LogP contribution in [0.25, 0.3) is 0 Å². The largest absolute Gasteiger partial charge is 0.481 e. The van der Waals surface area contributed by atoms with Gasteiger partial charge in [-0.25, -0.2) is 0 Å². The van der Waals surface area contributed by atoms with Gasteiger partial charge in [0.05, 0.1) is 18.4 Å². The summed E-state index contributed by atoms with van der Waals surface area (Å²) >= 11 is 0. The lowest BCUT2D eigenvalue weighted by Gasteiger charge is -2.26. The highest BCUT2D eigenvalue weighted by Gasteiger charge is 2.35. The average Bonchev–Trinajstić information content (AvgIpc) is 2.49. The molecule has 0 radical (unpaired) electrons. The molecule has 0 heterocycles. The first kappa shape index (κ1) is 18.2. The van der Waals surface area contributed by atoms with E-state index < -0.39 is 11.4 Å². The van der Waals surface area contributed by atoms with Crippen LogP contribution in [0.2, 0.25) is 0 Å². The standard InChI is InChI=1S/C17H25NO4/c1-4-17(5-2,16(20)21)12-18-15(19)10-13-7-6-8-14(9-13)11-22-3/h6-9H,4-5,10-12H2,1-3H3,(H,18,19)(H,20,21). The molecular weight excluding hydrogens is 282 g/mol. The molecule has 22 heavy (non-hydrogen) atoms. The van der Waals surface area contributed by atoms with E-state index >= 15 is 0 Å². The molecule has 0 saturated carbocycles. The molecule has 0 aliphatic heterocycles. The fraction of sp³-hybridized carbons (Fsp3) is 0.529. The number of carboxylic acids is 1. The predicted octanol–water partition coefficient (Wildman–Crippen LogP) is 2.38. The molecule has 1 amide bonds. The number of carboxylic acid groups (broad SMARTS) is 1. The minimum atomic E-state index is -0.881. The Labute approximate surface area is 131 Å². The van der Waals surface area contributed by atoms with Crippen molar-refractivity contribution in [2.75, 3.05) is 13.7 Å². The number of rotatable bonds is 9. The fourth-order valence-corrected chi connectivity index (χ4v) is 2.39. The quantitative estimate of drug-likeness (QED) is 0.734. The zero-order valence-electron chi connectivity index (χ0n) is 13.5. The van der Waals surface area contributed by atoms with Crippen LogP contribution in [0.1, 0.15) is 37.8 Å². The van der Waals surface area contributed by atoms with Gasteiger partial charge in [0.25, 0.3) is 0 Å². The molecule has 0 spiro atoms. The number of benzene rings is 1. The fourth-order valence-electron chi connectivity index (χ4n) is 2.39. The Kier molecular flexibility index (Phi) is 7.05. The van der Waals surface area contributed by atoms with Crippen LogP contribution in [-0.2, 0) is 27.4 Å². The summed E-state index contributed by atoms with van der Waals surface area (Å²) in [6.07, 6.45) is 1.21. The van der Waals surface area contributed by atoms with Crippen LogP contribution >= 0.6 is 0 Å². The molecule has 0 atom stereocenters. The highest BCUT2D eigenvalue weighted by Crippen LogP contribution is 2.25. The van der Waals surface area contributed by atoms with Crippen molar-refractivity contribution in [3.8, 4) is 0 Å². The number of amides is 1. The summed E-state index contributed by atoms with van der Waals surface area (Å²) in [6, 6.07) is 7.63. The van der Waals surface area contributed by atoms with Crippen molar-refractivity contribution in [3.63, 3.8) is 0 Å².